The van der Waals surface area contributed by atoms with Gasteiger partial charge in [-0.25, -0.2) is 13.4 Å². The summed E-state index contributed by atoms with van der Waals surface area (Å²) in [7, 11) is -3.74. The Morgan fingerprint density at radius 2 is 1.71 bits per heavy atom. The van der Waals surface area contributed by atoms with E-state index >= 15 is 0 Å². The molecule has 13 heteroatoms. The monoisotopic (exact) mass is 509 g/mol. The van der Waals surface area contributed by atoms with Crippen LogP contribution in [0.5, 0.6) is 0 Å². The number of aromatic nitrogens is 3. The van der Waals surface area contributed by atoms with E-state index in [4.69, 9.17) is 4.42 Å². The van der Waals surface area contributed by atoms with E-state index in [1.165, 1.54) is 28.6 Å². The molecule has 2 aromatic heterocycles. The van der Waals surface area contributed by atoms with Crippen LogP contribution < -0.4 is 5.32 Å². The Labute approximate surface area is 199 Å². The number of pyridine rings is 1. The summed E-state index contributed by atoms with van der Waals surface area (Å²) in [5.74, 6) is -0.327. The SMILES string of the molecule is C[C@@H]1C[C@H](C)CN(S(=O)(=O)c2ccc(C(=O)Nc3nnc(-c4ccc(C(F)(F)F)cc4)o3)nc2)C1. The molecule has 0 spiro atoms. The molecule has 3 aromatic rings. The van der Waals surface area contributed by atoms with Gasteiger partial charge in [0.05, 0.1) is 5.56 Å². The van der Waals surface area contributed by atoms with Crippen LogP contribution in [0.25, 0.3) is 11.5 Å². The quantitative estimate of drug-likeness (QED) is 0.551. The average Bonchev–Trinajstić information content (AvgIpc) is 3.26. The Balaban J connectivity index is 1.43. The van der Waals surface area contributed by atoms with E-state index in [9.17, 15) is 26.4 Å². The molecule has 1 amide bonds. The fourth-order valence-electron chi connectivity index (χ4n) is 3.97. The van der Waals surface area contributed by atoms with Gasteiger partial charge in [-0.2, -0.15) is 17.5 Å². The first-order chi connectivity index (χ1) is 16.4. The Bertz CT molecular complexity index is 1300. The van der Waals surface area contributed by atoms with Gasteiger partial charge in [0.15, 0.2) is 0 Å². The lowest BCUT2D eigenvalue weighted by atomic mass is 9.94. The normalized spacial score (nSPS) is 19.5. The van der Waals surface area contributed by atoms with Crippen molar-refractivity contribution in [3.63, 3.8) is 0 Å². The Morgan fingerprint density at radius 3 is 2.29 bits per heavy atom. The summed E-state index contributed by atoms with van der Waals surface area (Å²) in [6.07, 6.45) is -2.39. The van der Waals surface area contributed by atoms with Gasteiger partial charge in [0.25, 0.3) is 5.91 Å². The van der Waals surface area contributed by atoms with Crippen molar-refractivity contribution >= 4 is 21.9 Å². The Kier molecular flexibility index (Phi) is 6.64. The smallest absolute Gasteiger partial charge is 0.403 e. The van der Waals surface area contributed by atoms with Crippen LogP contribution in [0.2, 0.25) is 0 Å². The standard InChI is InChI=1S/C22H22F3N5O4S/c1-13-9-14(2)12-30(11-13)35(32,33)17-7-8-18(26-10-17)19(31)27-21-29-28-20(34-21)15-3-5-16(6-4-15)22(23,24)25/h3-8,10,13-14H,9,11-12H2,1-2H3,(H,27,29,31)/t13-,14+. The molecule has 9 nitrogen and oxygen atoms in total. The fourth-order valence-corrected chi connectivity index (χ4v) is 5.60. The van der Waals surface area contributed by atoms with Gasteiger partial charge in [0.1, 0.15) is 10.6 Å². The summed E-state index contributed by atoms with van der Waals surface area (Å²) < 4.78 is 70.8. The van der Waals surface area contributed by atoms with Crippen LogP contribution in [0.3, 0.4) is 0 Å². The van der Waals surface area contributed by atoms with E-state index in [2.05, 4.69) is 20.5 Å². The predicted octanol–water partition coefficient (Wildman–Crippen LogP) is 4.07. The minimum atomic E-state index is -4.47. The van der Waals surface area contributed by atoms with E-state index in [0.717, 1.165) is 24.8 Å². The third-order valence-corrected chi connectivity index (χ3v) is 7.36. The third kappa shape index (κ3) is 5.51. The second-order valence-electron chi connectivity index (χ2n) is 8.59. The van der Waals surface area contributed by atoms with E-state index in [1.807, 2.05) is 13.8 Å². The number of piperidine rings is 1. The summed E-state index contributed by atoms with van der Waals surface area (Å²) in [4.78, 5) is 16.4. The Morgan fingerprint density at radius 1 is 1.06 bits per heavy atom. The number of amides is 1. The van der Waals surface area contributed by atoms with Crippen molar-refractivity contribution < 1.29 is 30.8 Å². The first-order valence-corrected chi connectivity index (χ1v) is 12.2. The molecule has 1 aliphatic rings. The molecule has 35 heavy (non-hydrogen) atoms. The van der Waals surface area contributed by atoms with Crippen LogP contribution in [0.4, 0.5) is 19.2 Å². The molecule has 1 fully saturated rings. The van der Waals surface area contributed by atoms with Gasteiger partial charge in [0.2, 0.25) is 15.9 Å². The lowest BCUT2D eigenvalue weighted by molar-refractivity contribution is -0.137. The maximum atomic E-state index is 13.0. The number of hydrogen-bond acceptors (Lipinski definition) is 7. The zero-order valence-corrected chi connectivity index (χ0v) is 19.6. The van der Waals surface area contributed by atoms with Crippen molar-refractivity contribution in [1.82, 2.24) is 19.5 Å². The molecule has 0 bridgehead atoms. The predicted molar refractivity (Wildman–Crippen MR) is 119 cm³/mol. The van der Waals surface area contributed by atoms with Gasteiger partial charge in [-0.3, -0.25) is 10.1 Å². The van der Waals surface area contributed by atoms with Gasteiger partial charge >= 0.3 is 12.2 Å². The van der Waals surface area contributed by atoms with E-state index < -0.39 is 27.7 Å². The molecule has 1 N–H and O–H groups in total. The van der Waals surface area contributed by atoms with Crippen molar-refractivity contribution in [2.24, 2.45) is 11.8 Å². The van der Waals surface area contributed by atoms with Gasteiger partial charge in [-0.05, 0) is 54.7 Å². The number of nitrogens with zero attached hydrogens (tertiary/aromatic N) is 4. The van der Waals surface area contributed by atoms with Gasteiger partial charge < -0.3 is 4.42 Å². The summed E-state index contributed by atoms with van der Waals surface area (Å²) in [6.45, 7) is 4.86. The fraction of sp³-hybridized carbons (Fsp3) is 0.364. The molecule has 0 radical (unpaired) electrons. The lowest BCUT2D eigenvalue weighted by Crippen LogP contribution is -2.42. The molecule has 2 atom stereocenters. The van der Waals surface area contributed by atoms with Gasteiger partial charge in [0, 0.05) is 24.8 Å². The second-order valence-corrected chi connectivity index (χ2v) is 10.5. The second kappa shape index (κ2) is 9.38. The molecule has 0 saturated carbocycles. The minimum absolute atomic E-state index is 0.0160. The van der Waals surface area contributed by atoms with Crippen LogP contribution in [-0.2, 0) is 16.2 Å². The highest BCUT2D eigenvalue weighted by molar-refractivity contribution is 7.89. The number of sulfonamides is 1. The highest BCUT2D eigenvalue weighted by atomic mass is 32.2. The average molecular weight is 510 g/mol. The number of benzene rings is 1. The maximum absolute atomic E-state index is 13.0. The Hall–Kier alpha value is -3.32. The highest BCUT2D eigenvalue weighted by Gasteiger charge is 2.32. The molecular formula is C22H22F3N5O4S. The molecule has 0 unspecified atom stereocenters. The first kappa shape index (κ1) is 24.8. The number of carbonyl (C=O) groups is 1. The molecule has 3 heterocycles. The molecule has 1 saturated heterocycles. The molecule has 0 aliphatic carbocycles. The van der Waals surface area contributed by atoms with Crippen molar-refractivity contribution in [3.8, 4) is 11.5 Å². The van der Waals surface area contributed by atoms with Crippen molar-refractivity contribution in [3.05, 3.63) is 53.9 Å². The topological polar surface area (TPSA) is 118 Å². The molecule has 4 rings (SSSR count). The number of alkyl halides is 3. The van der Waals surface area contributed by atoms with Gasteiger partial charge in [-0.15, -0.1) is 5.10 Å². The van der Waals surface area contributed by atoms with Crippen LogP contribution in [0, 0.1) is 11.8 Å². The molecule has 1 aromatic carbocycles. The summed E-state index contributed by atoms with van der Waals surface area (Å²) in [5, 5.41) is 9.71. The highest BCUT2D eigenvalue weighted by Crippen LogP contribution is 2.31. The molecule has 186 valence electrons. The van der Waals surface area contributed by atoms with Crippen molar-refractivity contribution in [2.45, 2.75) is 31.3 Å². The minimum Gasteiger partial charge on any atom is -0.403 e. The van der Waals surface area contributed by atoms with E-state index in [0.29, 0.717) is 13.1 Å². The van der Waals surface area contributed by atoms with Crippen LogP contribution >= 0.6 is 0 Å². The van der Waals surface area contributed by atoms with E-state index in [1.54, 1.807) is 0 Å². The summed E-state index contributed by atoms with van der Waals surface area (Å²) in [5.41, 5.74) is -0.672. The van der Waals surface area contributed by atoms with Crippen LogP contribution in [0.15, 0.2) is 51.9 Å². The van der Waals surface area contributed by atoms with Crippen molar-refractivity contribution in [2.75, 3.05) is 18.4 Å². The van der Waals surface area contributed by atoms with E-state index in [-0.39, 0.29) is 39.9 Å². The summed E-state index contributed by atoms with van der Waals surface area (Å²) in [6, 6.07) is 6.39. The summed E-state index contributed by atoms with van der Waals surface area (Å²) >= 11 is 0. The number of hydrogen-bond donors (Lipinski definition) is 1. The number of anilines is 1. The molecule has 1 aliphatic heterocycles. The molecular weight excluding hydrogens is 487 g/mol. The largest absolute Gasteiger partial charge is 0.416 e. The van der Waals surface area contributed by atoms with Crippen molar-refractivity contribution in [1.29, 1.82) is 0 Å². The third-order valence-electron chi connectivity index (χ3n) is 5.55. The number of nitrogens with one attached hydrogen (secondary N) is 1. The zero-order chi connectivity index (χ0) is 25.4. The van der Waals surface area contributed by atoms with Gasteiger partial charge in [-0.1, -0.05) is 18.9 Å². The number of halogens is 3. The first-order valence-electron chi connectivity index (χ1n) is 10.7. The van der Waals surface area contributed by atoms with Crippen LogP contribution in [0.1, 0.15) is 36.3 Å². The maximum Gasteiger partial charge on any atom is 0.416 e. The number of carbonyl (C=O) groups excluding carboxylic acids is 1. The number of rotatable bonds is 5. The van der Waals surface area contributed by atoms with Crippen LogP contribution in [-0.4, -0.2) is 46.9 Å². The lowest BCUT2D eigenvalue weighted by Gasteiger charge is -2.33. The zero-order valence-electron chi connectivity index (χ0n) is 18.8.